The molecule has 0 aliphatic carbocycles. The van der Waals surface area contributed by atoms with Crippen molar-refractivity contribution in [3.63, 3.8) is 0 Å². The van der Waals surface area contributed by atoms with Gasteiger partial charge in [-0.2, -0.15) is 5.10 Å². The number of benzene rings is 1. The lowest BCUT2D eigenvalue weighted by Crippen LogP contribution is -2.19. The molecule has 0 bridgehead atoms. The molecule has 1 aliphatic heterocycles. The molecule has 1 unspecified atom stereocenters. The van der Waals surface area contributed by atoms with Gasteiger partial charge in [0.15, 0.2) is 11.5 Å². The van der Waals surface area contributed by atoms with E-state index in [-0.39, 0.29) is 6.04 Å². The summed E-state index contributed by atoms with van der Waals surface area (Å²) in [6.07, 6.45) is 5.84. The van der Waals surface area contributed by atoms with Crippen molar-refractivity contribution in [3.8, 4) is 11.5 Å². The number of fused-ring (bicyclic) bond motifs is 1. The fraction of sp³-hybridized carbons (Fsp3) is 0.400. The highest BCUT2D eigenvalue weighted by Crippen LogP contribution is 2.36. The number of rotatable bonds is 5. The quantitative estimate of drug-likeness (QED) is 0.832. The van der Waals surface area contributed by atoms with Gasteiger partial charge in [-0.1, -0.05) is 0 Å². The lowest BCUT2D eigenvalue weighted by atomic mass is 10.1. The summed E-state index contributed by atoms with van der Waals surface area (Å²) >= 11 is 1.72. The van der Waals surface area contributed by atoms with Gasteiger partial charge in [0.25, 0.3) is 0 Å². The molecule has 2 heterocycles. The van der Waals surface area contributed by atoms with Crippen LogP contribution >= 0.6 is 11.8 Å². The van der Waals surface area contributed by atoms with Gasteiger partial charge in [0.05, 0.1) is 6.20 Å². The molecular formula is C15H19N3O2S. The van der Waals surface area contributed by atoms with E-state index in [0.717, 1.165) is 23.6 Å². The SMILES string of the molecule is CSc1cc2c(cc1CNC(C)c1cn[nH]c1)OCCO2. The van der Waals surface area contributed by atoms with Crippen LogP contribution in [0.1, 0.15) is 24.1 Å². The Kier molecular flexibility index (Phi) is 4.36. The zero-order valence-electron chi connectivity index (χ0n) is 12.2. The molecule has 112 valence electrons. The summed E-state index contributed by atoms with van der Waals surface area (Å²) in [5, 5.41) is 10.3. The average molecular weight is 305 g/mol. The van der Waals surface area contributed by atoms with Crippen LogP contribution in [0.4, 0.5) is 0 Å². The van der Waals surface area contributed by atoms with E-state index in [1.165, 1.54) is 10.5 Å². The van der Waals surface area contributed by atoms with Gasteiger partial charge >= 0.3 is 0 Å². The molecule has 5 nitrogen and oxygen atoms in total. The number of H-pyrrole nitrogens is 1. The highest BCUT2D eigenvalue weighted by atomic mass is 32.2. The van der Waals surface area contributed by atoms with Crippen molar-refractivity contribution < 1.29 is 9.47 Å². The van der Waals surface area contributed by atoms with Crippen molar-refractivity contribution in [2.45, 2.75) is 24.4 Å². The summed E-state index contributed by atoms with van der Waals surface area (Å²) in [7, 11) is 0. The second-order valence-electron chi connectivity index (χ2n) is 4.94. The molecule has 6 heteroatoms. The summed E-state index contributed by atoms with van der Waals surface area (Å²) in [6.45, 7) is 4.14. The monoisotopic (exact) mass is 305 g/mol. The lowest BCUT2D eigenvalue weighted by molar-refractivity contribution is 0.171. The minimum absolute atomic E-state index is 0.242. The number of nitrogens with one attached hydrogen (secondary N) is 2. The molecule has 1 aromatic heterocycles. The van der Waals surface area contributed by atoms with E-state index in [9.17, 15) is 0 Å². The normalized spacial score (nSPS) is 15.0. The van der Waals surface area contributed by atoms with Crippen LogP contribution in [0.25, 0.3) is 0 Å². The molecule has 0 amide bonds. The molecule has 1 aromatic carbocycles. The van der Waals surface area contributed by atoms with Gasteiger partial charge in [-0.15, -0.1) is 11.8 Å². The Hall–Kier alpha value is -1.66. The van der Waals surface area contributed by atoms with E-state index in [0.29, 0.717) is 13.2 Å². The first-order valence-electron chi connectivity index (χ1n) is 6.96. The van der Waals surface area contributed by atoms with Crippen molar-refractivity contribution in [3.05, 3.63) is 35.7 Å². The first kappa shape index (κ1) is 14.3. The van der Waals surface area contributed by atoms with Crippen LogP contribution in [0.15, 0.2) is 29.4 Å². The van der Waals surface area contributed by atoms with Crippen molar-refractivity contribution >= 4 is 11.8 Å². The molecule has 0 fully saturated rings. The summed E-state index contributed by atoms with van der Waals surface area (Å²) in [5.74, 6) is 1.68. The largest absolute Gasteiger partial charge is 0.486 e. The van der Waals surface area contributed by atoms with E-state index in [4.69, 9.17) is 9.47 Å². The van der Waals surface area contributed by atoms with E-state index in [2.05, 4.69) is 40.8 Å². The maximum absolute atomic E-state index is 5.67. The van der Waals surface area contributed by atoms with E-state index >= 15 is 0 Å². The molecule has 0 spiro atoms. The third kappa shape index (κ3) is 3.16. The number of nitrogens with zero attached hydrogens (tertiary/aromatic N) is 1. The predicted molar refractivity (Wildman–Crippen MR) is 83.1 cm³/mol. The van der Waals surface area contributed by atoms with Crippen LogP contribution in [-0.2, 0) is 6.54 Å². The van der Waals surface area contributed by atoms with Crippen molar-refractivity contribution in [1.82, 2.24) is 15.5 Å². The van der Waals surface area contributed by atoms with Crippen LogP contribution < -0.4 is 14.8 Å². The van der Waals surface area contributed by atoms with E-state index in [1.54, 1.807) is 11.8 Å². The van der Waals surface area contributed by atoms with Gasteiger partial charge in [0, 0.05) is 29.2 Å². The van der Waals surface area contributed by atoms with Crippen LogP contribution in [0.5, 0.6) is 11.5 Å². The Morgan fingerprint density at radius 1 is 1.33 bits per heavy atom. The van der Waals surface area contributed by atoms with Crippen LogP contribution in [0.3, 0.4) is 0 Å². The van der Waals surface area contributed by atoms with Crippen molar-refractivity contribution in [2.75, 3.05) is 19.5 Å². The molecule has 3 rings (SSSR count). The van der Waals surface area contributed by atoms with Crippen LogP contribution in [-0.4, -0.2) is 29.7 Å². The van der Waals surface area contributed by atoms with Gasteiger partial charge in [-0.25, -0.2) is 0 Å². The van der Waals surface area contributed by atoms with E-state index in [1.807, 2.05) is 12.4 Å². The van der Waals surface area contributed by atoms with Gasteiger partial charge in [-0.3, -0.25) is 5.10 Å². The Labute approximate surface area is 128 Å². The van der Waals surface area contributed by atoms with Crippen molar-refractivity contribution in [1.29, 1.82) is 0 Å². The first-order chi connectivity index (χ1) is 10.3. The lowest BCUT2D eigenvalue weighted by Gasteiger charge is -2.21. The molecule has 0 saturated heterocycles. The molecule has 2 aromatic rings. The first-order valence-corrected chi connectivity index (χ1v) is 8.19. The third-order valence-electron chi connectivity index (χ3n) is 3.56. The number of hydrogen-bond acceptors (Lipinski definition) is 5. The molecule has 0 radical (unpaired) electrons. The maximum atomic E-state index is 5.67. The number of ether oxygens (including phenoxy) is 2. The van der Waals surface area contributed by atoms with Crippen LogP contribution in [0.2, 0.25) is 0 Å². The second kappa shape index (κ2) is 6.41. The zero-order valence-corrected chi connectivity index (χ0v) is 13.0. The zero-order chi connectivity index (χ0) is 14.7. The summed E-state index contributed by atoms with van der Waals surface area (Å²) in [5.41, 5.74) is 2.38. The van der Waals surface area contributed by atoms with E-state index < -0.39 is 0 Å². The van der Waals surface area contributed by atoms with Gasteiger partial charge in [-0.05, 0) is 30.9 Å². The molecule has 2 N–H and O–H groups in total. The Bertz CT molecular complexity index is 601. The summed E-state index contributed by atoms with van der Waals surface area (Å²) in [4.78, 5) is 1.21. The third-order valence-corrected chi connectivity index (χ3v) is 4.38. The van der Waals surface area contributed by atoms with Gasteiger partial charge in [0.1, 0.15) is 13.2 Å². The minimum Gasteiger partial charge on any atom is -0.486 e. The average Bonchev–Trinajstić information content (AvgIpc) is 3.06. The highest BCUT2D eigenvalue weighted by molar-refractivity contribution is 7.98. The van der Waals surface area contributed by atoms with Gasteiger partial charge in [0.2, 0.25) is 0 Å². The topological polar surface area (TPSA) is 59.2 Å². The Morgan fingerprint density at radius 2 is 2.10 bits per heavy atom. The molecule has 21 heavy (non-hydrogen) atoms. The second-order valence-corrected chi connectivity index (χ2v) is 5.79. The molecule has 1 atom stereocenters. The molecule has 0 saturated carbocycles. The van der Waals surface area contributed by atoms with Gasteiger partial charge < -0.3 is 14.8 Å². The standard InChI is InChI=1S/C15H19N3O2S/c1-10(12-8-17-18-9-12)16-7-11-5-13-14(6-15(11)21-2)20-4-3-19-13/h5-6,8-10,16H,3-4,7H2,1-2H3,(H,17,18). The molecular weight excluding hydrogens is 286 g/mol. The van der Waals surface area contributed by atoms with Crippen molar-refractivity contribution in [2.24, 2.45) is 0 Å². The number of aromatic amines is 1. The minimum atomic E-state index is 0.242. The molecule has 1 aliphatic rings. The highest BCUT2D eigenvalue weighted by Gasteiger charge is 2.16. The fourth-order valence-electron chi connectivity index (χ4n) is 2.32. The maximum Gasteiger partial charge on any atom is 0.162 e. The Balaban J connectivity index is 1.75. The summed E-state index contributed by atoms with van der Waals surface area (Å²) in [6, 6.07) is 4.39. The smallest absolute Gasteiger partial charge is 0.162 e. The Morgan fingerprint density at radius 3 is 2.76 bits per heavy atom. The van der Waals surface area contributed by atoms with Crippen LogP contribution in [0, 0.1) is 0 Å². The summed E-state index contributed by atoms with van der Waals surface area (Å²) < 4.78 is 11.3. The fourth-order valence-corrected chi connectivity index (χ4v) is 2.94. The number of hydrogen-bond donors (Lipinski definition) is 2. The predicted octanol–water partition coefficient (Wildman–Crippen LogP) is 2.75. The number of thioether (sulfide) groups is 1. The number of aromatic nitrogens is 2.